The number of hydrogen-bond donors (Lipinski definition) is 2. The molecule has 2 saturated heterocycles. The molecule has 2 bridgehead atoms. The highest BCUT2D eigenvalue weighted by Gasteiger charge is 2.50. The van der Waals surface area contributed by atoms with Gasteiger partial charge in [0.1, 0.15) is 18.3 Å². The Morgan fingerprint density at radius 1 is 1.11 bits per heavy atom. The zero-order valence-corrected chi connectivity index (χ0v) is 9.60. The summed E-state index contributed by atoms with van der Waals surface area (Å²) >= 11 is 0. The second kappa shape index (κ2) is 4.35. The third-order valence-corrected chi connectivity index (χ3v) is 3.45. The molecular weight excluding hydrogens is 236 g/mol. The lowest BCUT2D eigenvalue weighted by atomic mass is 9.88. The van der Waals surface area contributed by atoms with Gasteiger partial charge in [-0.1, -0.05) is 30.3 Å². The monoisotopic (exact) mass is 250 g/mol. The predicted molar refractivity (Wildman–Crippen MR) is 60.6 cm³/mol. The number of hydrogen-bond acceptors (Lipinski definition) is 5. The molecule has 1 unspecified atom stereocenters. The Bertz CT molecular complexity index is 446. The van der Waals surface area contributed by atoms with Gasteiger partial charge in [0.15, 0.2) is 6.10 Å². The second-order valence-corrected chi connectivity index (χ2v) is 4.65. The number of carbonyl (C=O) groups excluding carboxylic acids is 1. The molecule has 2 aliphatic heterocycles. The van der Waals surface area contributed by atoms with Crippen molar-refractivity contribution in [3.63, 3.8) is 0 Å². The second-order valence-electron chi connectivity index (χ2n) is 4.65. The normalized spacial score (nSPS) is 39.2. The Labute approximate surface area is 104 Å². The number of aliphatic hydroxyl groups excluding tert-OH is 2. The highest BCUT2D eigenvalue weighted by atomic mass is 16.6. The fourth-order valence-corrected chi connectivity index (χ4v) is 2.53. The Kier molecular flexibility index (Phi) is 2.81. The Morgan fingerprint density at radius 3 is 2.56 bits per heavy atom. The van der Waals surface area contributed by atoms with Crippen LogP contribution < -0.4 is 0 Å². The molecule has 2 heterocycles. The molecule has 18 heavy (non-hydrogen) atoms. The van der Waals surface area contributed by atoms with Crippen LogP contribution in [0.4, 0.5) is 0 Å². The molecule has 0 aromatic heterocycles. The van der Waals surface area contributed by atoms with Gasteiger partial charge in [-0.2, -0.15) is 0 Å². The summed E-state index contributed by atoms with van der Waals surface area (Å²) in [5.74, 6) is -0.444. The highest BCUT2D eigenvalue weighted by molar-refractivity contribution is 5.71. The van der Waals surface area contributed by atoms with Gasteiger partial charge in [0.2, 0.25) is 0 Å². The molecule has 0 aliphatic carbocycles. The SMILES string of the molecule is O=C1C[C@H]2O[C@H](c3ccccc3)[C@@H](O)[C@@H](O1)C2O. The fraction of sp³-hybridized carbons (Fsp3) is 0.462. The van der Waals surface area contributed by atoms with E-state index in [0.29, 0.717) is 0 Å². The summed E-state index contributed by atoms with van der Waals surface area (Å²) in [4.78, 5) is 11.3. The zero-order chi connectivity index (χ0) is 12.7. The Hall–Kier alpha value is -1.43. The van der Waals surface area contributed by atoms with E-state index in [0.717, 1.165) is 5.56 Å². The van der Waals surface area contributed by atoms with Crippen molar-refractivity contribution in [1.82, 2.24) is 0 Å². The maximum absolute atomic E-state index is 11.3. The number of benzene rings is 1. The van der Waals surface area contributed by atoms with Crippen LogP contribution in [-0.2, 0) is 14.3 Å². The molecule has 0 amide bonds. The molecule has 5 heteroatoms. The van der Waals surface area contributed by atoms with Crippen molar-refractivity contribution in [2.45, 2.75) is 36.9 Å². The van der Waals surface area contributed by atoms with Crippen molar-refractivity contribution >= 4 is 5.97 Å². The van der Waals surface area contributed by atoms with Crippen molar-refractivity contribution < 1.29 is 24.5 Å². The van der Waals surface area contributed by atoms with E-state index in [-0.39, 0.29) is 6.42 Å². The number of carbonyl (C=O) groups is 1. The largest absolute Gasteiger partial charge is 0.457 e. The van der Waals surface area contributed by atoms with Crippen LogP contribution in [0.25, 0.3) is 0 Å². The van der Waals surface area contributed by atoms with Gasteiger partial charge in [0.05, 0.1) is 12.5 Å². The van der Waals surface area contributed by atoms with Crippen LogP contribution in [0.5, 0.6) is 0 Å². The molecule has 2 N–H and O–H groups in total. The first-order valence-corrected chi connectivity index (χ1v) is 5.93. The van der Waals surface area contributed by atoms with Crippen molar-refractivity contribution in [3.8, 4) is 0 Å². The van der Waals surface area contributed by atoms with E-state index < -0.39 is 36.5 Å². The maximum atomic E-state index is 11.3. The summed E-state index contributed by atoms with van der Waals surface area (Å²) in [7, 11) is 0. The lowest BCUT2D eigenvalue weighted by Gasteiger charge is -2.45. The minimum absolute atomic E-state index is 0.0215. The Balaban J connectivity index is 1.89. The van der Waals surface area contributed by atoms with Crippen LogP contribution in [-0.4, -0.2) is 40.6 Å². The minimum atomic E-state index is -1.05. The van der Waals surface area contributed by atoms with Crippen LogP contribution in [0.3, 0.4) is 0 Å². The predicted octanol–water partition coefficient (Wildman–Crippen LogP) is 0.164. The average Bonchev–Trinajstić information content (AvgIpc) is 2.37. The zero-order valence-electron chi connectivity index (χ0n) is 9.60. The standard InChI is InChI=1S/C13H14O5/c14-9-6-8-10(15)13(18-9)11(16)12(17-8)7-4-2-1-3-5-7/h1-5,8,10-13,15-16H,6H2/t8-,10?,11-,12-,13+/m1/s1. The summed E-state index contributed by atoms with van der Waals surface area (Å²) in [6, 6.07) is 9.23. The number of esters is 1. The summed E-state index contributed by atoms with van der Waals surface area (Å²) < 4.78 is 10.7. The average molecular weight is 250 g/mol. The molecule has 2 aliphatic rings. The van der Waals surface area contributed by atoms with Gasteiger partial charge in [0, 0.05) is 0 Å². The molecule has 0 radical (unpaired) electrons. The molecule has 0 spiro atoms. The molecule has 1 aromatic carbocycles. The van der Waals surface area contributed by atoms with Gasteiger partial charge in [-0.25, -0.2) is 0 Å². The van der Waals surface area contributed by atoms with Crippen LogP contribution >= 0.6 is 0 Å². The molecule has 1 aromatic rings. The van der Waals surface area contributed by atoms with Gasteiger partial charge in [-0.05, 0) is 5.56 Å². The van der Waals surface area contributed by atoms with E-state index in [1.807, 2.05) is 30.3 Å². The van der Waals surface area contributed by atoms with E-state index in [1.54, 1.807) is 0 Å². The number of rotatable bonds is 1. The van der Waals surface area contributed by atoms with Crippen LogP contribution in [0.15, 0.2) is 30.3 Å². The molecule has 5 nitrogen and oxygen atoms in total. The van der Waals surface area contributed by atoms with Crippen LogP contribution in [0.2, 0.25) is 0 Å². The van der Waals surface area contributed by atoms with Crippen molar-refractivity contribution in [3.05, 3.63) is 35.9 Å². The van der Waals surface area contributed by atoms with Crippen molar-refractivity contribution in [1.29, 1.82) is 0 Å². The van der Waals surface area contributed by atoms with E-state index in [9.17, 15) is 15.0 Å². The molecule has 5 atom stereocenters. The summed E-state index contributed by atoms with van der Waals surface area (Å²) in [6.07, 6.45) is -4.08. The number of ether oxygens (including phenoxy) is 2. The van der Waals surface area contributed by atoms with E-state index in [4.69, 9.17) is 9.47 Å². The van der Waals surface area contributed by atoms with Gasteiger partial charge >= 0.3 is 5.97 Å². The maximum Gasteiger partial charge on any atom is 0.308 e. The molecule has 0 saturated carbocycles. The van der Waals surface area contributed by atoms with Gasteiger partial charge in [0.25, 0.3) is 0 Å². The van der Waals surface area contributed by atoms with E-state index in [2.05, 4.69) is 0 Å². The van der Waals surface area contributed by atoms with Crippen LogP contribution in [0, 0.1) is 0 Å². The third-order valence-electron chi connectivity index (χ3n) is 3.45. The van der Waals surface area contributed by atoms with Crippen molar-refractivity contribution in [2.75, 3.05) is 0 Å². The Morgan fingerprint density at radius 2 is 1.83 bits per heavy atom. The molecule has 3 rings (SSSR count). The summed E-state index contributed by atoms with van der Waals surface area (Å²) in [5, 5.41) is 20.0. The first kappa shape index (κ1) is 11.6. The first-order valence-electron chi connectivity index (χ1n) is 5.93. The molecule has 2 fully saturated rings. The van der Waals surface area contributed by atoms with Crippen LogP contribution in [0.1, 0.15) is 18.1 Å². The molecule has 96 valence electrons. The number of fused-ring (bicyclic) bond motifs is 2. The smallest absolute Gasteiger partial charge is 0.308 e. The summed E-state index contributed by atoms with van der Waals surface area (Å²) in [5.41, 5.74) is 0.810. The van der Waals surface area contributed by atoms with Gasteiger partial charge in [-0.3, -0.25) is 4.79 Å². The van der Waals surface area contributed by atoms with Gasteiger partial charge in [-0.15, -0.1) is 0 Å². The highest BCUT2D eigenvalue weighted by Crippen LogP contribution is 2.37. The molecular formula is C13H14O5. The lowest BCUT2D eigenvalue weighted by Crippen LogP contribution is -2.59. The summed E-state index contributed by atoms with van der Waals surface area (Å²) in [6.45, 7) is 0. The minimum Gasteiger partial charge on any atom is -0.457 e. The lowest BCUT2D eigenvalue weighted by molar-refractivity contribution is -0.257. The fourth-order valence-electron chi connectivity index (χ4n) is 2.53. The topological polar surface area (TPSA) is 76.0 Å². The van der Waals surface area contributed by atoms with E-state index >= 15 is 0 Å². The third kappa shape index (κ3) is 1.80. The van der Waals surface area contributed by atoms with Gasteiger partial charge < -0.3 is 19.7 Å². The number of aliphatic hydroxyl groups is 2. The quantitative estimate of drug-likeness (QED) is 0.695. The first-order chi connectivity index (χ1) is 8.66. The van der Waals surface area contributed by atoms with E-state index in [1.165, 1.54) is 0 Å². The van der Waals surface area contributed by atoms with Crippen molar-refractivity contribution in [2.24, 2.45) is 0 Å².